The highest BCUT2D eigenvalue weighted by atomic mass is 16.3. The molecule has 2 rings (SSSR count). The van der Waals surface area contributed by atoms with Gasteiger partial charge in [-0.3, -0.25) is 0 Å². The first kappa shape index (κ1) is 5.53. The highest BCUT2D eigenvalue weighted by molar-refractivity contribution is 5.42. The Balaban J connectivity index is 2.76. The van der Waals surface area contributed by atoms with Crippen molar-refractivity contribution in [1.82, 2.24) is 9.61 Å². The Morgan fingerprint density at radius 1 is 1.70 bits per heavy atom. The van der Waals surface area contributed by atoms with Crippen molar-refractivity contribution in [3.05, 3.63) is 24.2 Å². The van der Waals surface area contributed by atoms with Gasteiger partial charge in [-0.15, -0.1) is 0 Å². The normalized spacial score (nSPS) is 10.9. The summed E-state index contributed by atoms with van der Waals surface area (Å²) in [6, 6.07) is 0. The van der Waals surface area contributed by atoms with Gasteiger partial charge in [-0.05, 0) is 6.42 Å². The molecule has 3 heteroatoms. The predicted molar refractivity (Wildman–Crippen MR) is 36.8 cm³/mol. The lowest BCUT2D eigenvalue weighted by Crippen LogP contribution is -1.76. The maximum absolute atomic E-state index is 5.18. The molecule has 52 valence electrons. The van der Waals surface area contributed by atoms with Gasteiger partial charge in [0.25, 0.3) is 0 Å². The maximum atomic E-state index is 5.18. The van der Waals surface area contributed by atoms with Gasteiger partial charge < -0.3 is 4.42 Å². The quantitative estimate of drug-likeness (QED) is 0.594. The van der Waals surface area contributed by atoms with Crippen molar-refractivity contribution in [2.45, 2.75) is 13.3 Å². The lowest BCUT2D eigenvalue weighted by molar-refractivity contribution is 0.602. The second kappa shape index (κ2) is 1.87. The summed E-state index contributed by atoms with van der Waals surface area (Å²) in [5.41, 5.74) is 2.02. The van der Waals surface area contributed by atoms with Crippen molar-refractivity contribution in [1.29, 1.82) is 0 Å². The monoisotopic (exact) mass is 136 g/mol. The van der Waals surface area contributed by atoms with E-state index in [9.17, 15) is 0 Å². The zero-order valence-electron chi connectivity index (χ0n) is 5.74. The number of fused-ring (bicyclic) bond motifs is 1. The molecular weight excluding hydrogens is 128 g/mol. The molecule has 2 heterocycles. The third-order valence-corrected chi connectivity index (χ3v) is 1.58. The van der Waals surface area contributed by atoms with E-state index in [1.165, 1.54) is 0 Å². The Hall–Kier alpha value is -1.25. The van der Waals surface area contributed by atoms with Crippen LogP contribution in [0, 0.1) is 0 Å². The molecule has 0 aromatic carbocycles. The molecule has 10 heavy (non-hydrogen) atoms. The molecule has 2 aromatic rings. The summed E-state index contributed by atoms with van der Waals surface area (Å²) in [6.45, 7) is 2.08. The summed E-state index contributed by atoms with van der Waals surface area (Å²) in [6.07, 6.45) is 6.24. The molecule has 0 saturated carbocycles. The van der Waals surface area contributed by atoms with Crippen molar-refractivity contribution >= 4 is 5.71 Å². The van der Waals surface area contributed by atoms with Crippen molar-refractivity contribution in [3.8, 4) is 0 Å². The smallest absolute Gasteiger partial charge is 0.224 e. The van der Waals surface area contributed by atoms with Crippen LogP contribution < -0.4 is 0 Å². The van der Waals surface area contributed by atoms with Gasteiger partial charge in [0.05, 0.1) is 12.4 Å². The van der Waals surface area contributed by atoms with E-state index in [1.54, 1.807) is 17.0 Å². The summed E-state index contributed by atoms with van der Waals surface area (Å²) in [5, 5.41) is 4.07. The average molecular weight is 136 g/mol. The van der Waals surface area contributed by atoms with Crippen molar-refractivity contribution in [3.63, 3.8) is 0 Å². The number of hydrogen-bond acceptors (Lipinski definition) is 2. The standard InChI is InChI=1S/C7H8N2O/c1-2-6-5-8-9-3-4-10-7(6)9/h3-5H,2H2,1H3. The van der Waals surface area contributed by atoms with Gasteiger partial charge in [-0.25, -0.2) is 4.52 Å². The van der Waals surface area contributed by atoms with Crippen LogP contribution in [-0.4, -0.2) is 9.61 Å². The van der Waals surface area contributed by atoms with Crippen LogP contribution >= 0.6 is 0 Å². The van der Waals surface area contributed by atoms with Crippen LogP contribution in [0.15, 0.2) is 23.1 Å². The first-order chi connectivity index (χ1) is 4.92. The van der Waals surface area contributed by atoms with Crippen molar-refractivity contribution in [2.24, 2.45) is 0 Å². The van der Waals surface area contributed by atoms with Gasteiger partial charge in [0.2, 0.25) is 5.71 Å². The second-order valence-corrected chi connectivity index (χ2v) is 2.18. The van der Waals surface area contributed by atoms with Crippen LogP contribution in [0.5, 0.6) is 0 Å². The molecule has 2 aromatic heterocycles. The SMILES string of the molecule is CCc1cnn2ccoc12. The zero-order chi connectivity index (χ0) is 6.97. The second-order valence-electron chi connectivity index (χ2n) is 2.18. The molecular formula is C7H8N2O. The summed E-state index contributed by atoms with van der Waals surface area (Å²) in [5.74, 6) is 0. The minimum absolute atomic E-state index is 0.863. The molecule has 0 fully saturated rings. The number of aromatic nitrogens is 2. The molecule has 0 N–H and O–H groups in total. The Morgan fingerprint density at radius 2 is 2.60 bits per heavy atom. The zero-order valence-corrected chi connectivity index (χ0v) is 5.74. The molecule has 0 saturated heterocycles. The van der Waals surface area contributed by atoms with E-state index >= 15 is 0 Å². The third-order valence-electron chi connectivity index (χ3n) is 1.58. The van der Waals surface area contributed by atoms with E-state index in [2.05, 4.69) is 12.0 Å². The topological polar surface area (TPSA) is 30.4 Å². The van der Waals surface area contributed by atoms with E-state index in [0.717, 1.165) is 17.7 Å². The van der Waals surface area contributed by atoms with Crippen LogP contribution in [0.4, 0.5) is 0 Å². The van der Waals surface area contributed by atoms with E-state index in [-0.39, 0.29) is 0 Å². The predicted octanol–water partition coefficient (Wildman–Crippen LogP) is 1.49. The first-order valence-electron chi connectivity index (χ1n) is 3.31. The van der Waals surface area contributed by atoms with E-state index < -0.39 is 0 Å². The molecule has 0 atom stereocenters. The van der Waals surface area contributed by atoms with Gasteiger partial charge in [-0.1, -0.05) is 6.92 Å². The third kappa shape index (κ3) is 0.572. The highest BCUT2D eigenvalue weighted by Gasteiger charge is 2.02. The van der Waals surface area contributed by atoms with Gasteiger partial charge >= 0.3 is 0 Å². The minimum Gasteiger partial charge on any atom is -0.445 e. The van der Waals surface area contributed by atoms with E-state index in [0.29, 0.717) is 0 Å². The van der Waals surface area contributed by atoms with Crippen molar-refractivity contribution in [2.75, 3.05) is 0 Å². The maximum Gasteiger partial charge on any atom is 0.224 e. The molecule has 0 aliphatic rings. The van der Waals surface area contributed by atoms with Crippen LogP contribution in [0.1, 0.15) is 12.5 Å². The van der Waals surface area contributed by atoms with Crippen LogP contribution in [0.2, 0.25) is 0 Å². The fourth-order valence-corrected chi connectivity index (χ4v) is 1.02. The van der Waals surface area contributed by atoms with E-state index in [1.807, 2.05) is 6.20 Å². The van der Waals surface area contributed by atoms with Gasteiger partial charge in [0, 0.05) is 5.56 Å². The van der Waals surface area contributed by atoms with Gasteiger partial charge in [-0.2, -0.15) is 5.10 Å². The Morgan fingerprint density at radius 3 is 3.40 bits per heavy atom. The summed E-state index contributed by atoms with van der Waals surface area (Å²) < 4.78 is 6.92. The lowest BCUT2D eigenvalue weighted by atomic mass is 10.3. The summed E-state index contributed by atoms with van der Waals surface area (Å²) in [7, 11) is 0. The largest absolute Gasteiger partial charge is 0.445 e. The Bertz CT molecular complexity index is 334. The summed E-state index contributed by atoms with van der Waals surface area (Å²) in [4.78, 5) is 0. The Labute approximate surface area is 58.3 Å². The van der Waals surface area contributed by atoms with Crippen LogP contribution in [-0.2, 0) is 6.42 Å². The number of aryl methyl sites for hydroxylation is 1. The number of hydrogen-bond donors (Lipinski definition) is 0. The first-order valence-corrected chi connectivity index (χ1v) is 3.31. The molecule has 0 aliphatic carbocycles. The molecule has 0 spiro atoms. The molecule has 3 nitrogen and oxygen atoms in total. The molecule has 0 aliphatic heterocycles. The van der Waals surface area contributed by atoms with E-state index in [4.69, 9.17) is 4.42 Å². The van der Waals surface area contributed by atoms with Crippen molar-refractivity contribution < 1.29 is 4.42 Å². The van der Waals surface area contributed by atoms with Crippen LogP contribution in [0.25, 0.3) is 5.71 Å². The number of oxazole rings is 1. The van der Waals surface area contributed by atoms with Crippen LogP contribution in [0.3, 0.4) is 0 Å². The number of nitrogens with zero attached hydrogens (tertiary/aromatic N) is 2. The molecule has 0 unspecified atom stereocenters. The minimum atomic E-state index is 0.863. The molecule has 0 amide bonds. The highest BCUT2D eigenvalue weighted by Crippen LogP contribution is 2.10. The molecule has 0 bridgehead atoms. The van der Waals surface area contributed by atoms with Gasteiger partial charge in [0.15, 0.2) is 0 Å². The fourth-order valence-electron chi connectivity index (χ4n) is 1.02. The molecule has 0 radical (unpaired) electrons. The summed E-state index contributed by atoms with van der Waals surface area (Å²) >= 11 is 0. The number of rotatable bonds is 1. The Kier molecular flexibility index (Phi) is 1.03. The fraction of sp³-hybridized carbons (Fsp3) is 0.286. The lowest BCUT2D eigenvalue weighted by Gasteiger charge is -1.82. The average Bonchev–Trinajstić information content (AvgIpc) is 2.44. The van der Waals surface area contributed by atoms with Gasteiger partial charge in [0.1, 0.15) is 6.26 Å².